The normalized spacial score (nSPS) is 11.6. The van der Waals surface area contributed by atoms with Crippen molar-refractivity contribution in [1.82, 2.24) is 9.97 Å². The number of aromatic amines is 1. The largest absolute Gasteiger partial charge is 0.346 e. The summed E-state index contributed by atoms with van der Waals surface area (Å²) in [6, 6.07) is 4.19. The molecule has 4 nitrogen and oxygen atoms in total. The van der Waals surface area contributed by atoms with Crippen molar-refractivity contribution in [2.75, 3.05) is 13.2 Å². The van der Waals surface area contributed by atoms with E-state index in [4.69, 9.17) is 9.47 Å². The van der Waals surface area contributed by atoms with Crippen molar-refractivity contribution in [3.05, 3.63) is 29.1 Å². The molecule has 0 aliphatic heterocycles. The zero-order valence-electron chi connectivity index (χ0n) is 11.4. The Balaban J connectivity index is 2.38. The van der Waals surface area contributed by atoms with Crippen LogP contribution in [0.4, 0.5) is 0 Å². The Morgan fingerprint density at radius 2 is 1.72 bits per heavy atom. The van der Waals surface area contributed by atoms with Gasteiger partial charge in [0.2, 0.25) is 6.29 Å². The average Bonchev–Trinajstić information content (AvgIpc) is 2.72. The maximum atomic E-state index is 5.54. The van der Waals surface area contributed by atoms with E-state index in [0.29, 0.717) is 13.2 Å². The van der Waals surface area contributed by atoms with Crippen LogP contribution in [-0.2, 0) is 9.47 Å². The van der Waals surface area contributed by atoms with Gasteiger partial charge in [0.1, 0.15) is 0 Å². The van der Waals surface area contributed by atoms with E-state index in [1.54, 1.807) is 0 Å². The molecule has 18 heavy (non-hydrogen) atoms. The van der Waals surface area contributed by atoms with E-state index < -0.39 is 6.29 Å². The van der Waals surface area contributed by atoms with Crippen LogP contribution >= 0.6 is 0 Å². The lowest BCUT2D eigenvalue weighted by atomic mass is 10.1. The van der Waals surface area contributed by atoms with Crippen molar-refractivity contribution >= 4 is 11.0 Å². The molecule has 98 valence electrons. The Kier molecular flexibility index (Phi) is 3.99. The first-order valence-corrected chi connectivity index (χ1v) is 6.35. The molecule has 0 radical (unpaired) electrons. The van der Waals surface area contributed by atoms with Gasteiger partial charge in [-0.15, -0.1) is 0 Å². The first kappa shape index (κ1) is 13.1. The molecule has 2 rings (SSSR count). The molecule has 2 aromatic rings. The maximum absolute atomic E-state index is 5.54. The van der Waals surface area contributed by atoms with Gasteiger partial charge in [0.25, 0.3) is 0 Å². The van der Waals surface area contributed by atoms with E-state index in [9.17, 15) is 0 Å². The number of benzene rings is 1. The van der Waals surface area contributed by atoms with Gasteiger partial charge < -0.3 is 14.5 Å². The minimum atomic E-state index is -0.409. The van der Waals surface area contributed by atoms with Crippen LogP contribution in [0.2, 0.25) is 0 Å². The number of imidazole rings is 1. The van der Waals surface area contributed by atoms with Gasteiger partial charge in [-0.05, 0) is 51.0 Å². The smallest absolute Gasteiger partial charge is 0.217 e. The molecule has 1 heterocycles. The summed E-state index contributed by atoms with van der Waals surface area (Å²) in [6.07, 6.45) is -0.409. The second kappa shape index (κ2) is 5.50. The van der Waals surface area contributed by atoms with Gasteiger partial charge in [0, 0.05) is 13.2 Å². The molecule has 1 N–H and O–H groups in total. The lowest BCUT2D eigenvalue weighted by Gasteiger charge is -2.13. The molecule has 0 saturated carbocycles. The highest BCUT2D eigenvalue weighted by Gasteiger charge is 2.16. The molecule has 1 aromatic carbocycles. The number of hydrogen-bond acceptors (Lipinski definition) is 3. The first-order valence-electron chi connectivity index (χ1n) is 6.35. The average molecular weight is 248 g/mol. The Morgan fingerprint density at radius 3 is 2.33 bits per heavy atom. The fourth-order valence-electron chi connectivity index (χ4n) is 1.91. The Bertz CT molecular complexity index is 489. The number of aryl methyl sites for hydroxylation is 2. The number of nitrogens with zero attached hydrogens (tertiary/aromatic N) is 1. The zero-order valence-corrected chi connectivity index (χ0v) is 11.4. The third-order valence-electron chi connectivity index (χ3n) is 2.98. The first-order chi connectivity index (χ1) is 8.65. The fourth-order valence-corrected chi connectivity index (χ4v) is 1.91. The van der Waals surface area contributed by atoms with E-state index in [1.807, 2.05) is 13.8 Å². The standard InChI is InChI=1S/C14H20N2O2/c1-5-17-14(18-6-2)13-15-11-7-9(3)10(4)8-12(11)16-13/h7-8,14H,5-6H2,1-4H3,(H,15,16). The quantitative estimate of drug-likeness (QED) is 0.826. The predicted molar refractivity (Wildman–Crippen MR) is 71.6 cm³/mol. The zero-order chi connectivity index (χ0) is 13.1. The summed E-state index contributed by atoms with van der Waals surface area (Å²) < 4.78 is 11.1. The molecule has 0 fully saturated rings. The van der Waals surface area contributed by atoms with Crippen LogP contribution in [-0.4, -0.2) is 23.2 Å². The molecular weight excluding hydrogens is 228 g/mol. The molecule has 0 aliphatic carbocycles. The molecule has 0 amide bonds. The van der Waals surface area contributed by atoms with Gasteiger partial charge in [-0.3, -0.25) is 0 Å². The lowest BCUT2D eigenvalue weighted by molar-refractivity contribution is -0.144. The molecular formula is C14H20N2O2. The minimum absolute atomic E-state index is 0.409. The van der Waals surface area contributed by atoms with E-state index in [0.717, 1.165) is 16.9 Å². The summed E-state index contributed by atoms with van der Waals surface area (Å²) in [7, 11) is 0. The van der Waals surface area contributed by atoms with E-state index >= 15 is 0 Å². The predicted octanol–water partition coefficient (Wildman–Crippen LogP) is 3.25. The summed E-state index contributed by atoms with van der Waals surface area (Å²) in [5.74, 6) is 0.735. The van der Waals surface area contributed by atoms with Crippen LogP contribution in [0, 0.1) is 13.8 Å². The van der Waals surface area contributed by atoms with Gasteiger partial charge in [0.15, 0.2) is 5.82 Å². The number of fused-ring (bicyclic) bond motifs is 1. The molecule has 0 bridgehead atoms. The third kappa shape index (κ3) is 2.54. The van der Waals surface area contributed by atoms with Crippen molar-refractivity contribution in [3.63, 3.8) is 0 Å². The number of rotatable bonds is 5. The van der Waals surface area contributed by atoms with E-state index in [2.05, 4.69) is 35.9 Å². The second-order valence-electron chi connectivity index (χ2n) is 4.32. The number of aromatic nitrogens is 2. The van der Waals surface area contributed by atoms with Crippen molar-refractivity contribution in [3.8, 4) is 0 Å². The van der Waals surface area contributed by atoms with Crippen LogP contribution in [0.5, 0.6) is 0 Å². The van der Waals surface area contributed by atoms with Crippen molar-refractivity contribution < 1.29 is 9.47 Å². The molecule has 1 aromatic heterocycles. The molecule has 0 spiro atoms. The molecule has 0 aliphatic rings. The van der Waals surface area contributed by atoms with Crippen molar-refractivity contribution in [2.24, 2.45) is 0 Å². The highest BCUT2D eigenvalue weighted by atomic mass is 16.7. The molecule has 0 saturated heterocycles. The third-order valence-corrected chi connectivity index (χ3v) is 2.98. The summed E-state index contributed by atoms with van der Waals surface area (Å²) >= 11 is 0. The summed E-state index contributed by atoms with van der Waals surface area (Å²) in [5, 5.41) is 0. The van der Waals surface area contributed by atoms with Crippen LogP contribution in [0.25, 0.3) is 11.0 Å². The molecule has 0 atom stereocenters. The van der Waals surface area contributed by atoms with Gasteiger partial charge in [-0.1, -0.05) is 0 Å². The monoisotopic (exact) mass is 248 g/mol. The Hall–Kier alpha value is -1.39. The van der Waals surface area contributed by atoms with Gasteiger partial charge in [0.05, 0.1) is 11.0 Å². The number of H-pyrrole nitrogens is 1. The SMILES string of the molecule is CCOC(OCC)c1nc2cc(C)c(C)cc2[nH]1. The number of hydrogen-bond donors (Lipinski definition) is 1. The second-order valence-corrected chi connectivity index (χ2v) is 4.32. The topological polar surface area (TPSA) is 47.1 Å². The van der Waals surface area contributed by atoms with Gasteiger partial charge in [-0.2, -0.15) is 0 Å². The van der Waals surface area contributed by atoms with E-state index in [1.165, 1.54) is 11.1 Å². The maximum Gasteiger partial charge on any atom is 0.217 e. The minimum Gasteiger partial charge on any atom is -0.346 e. The Morgan fingerprint density at radius 1 is 1.11 bits per heavy atom. The van der Waals surface area contributed by atoms with Crippen molar-refractivity contribution in [1.29, 1.82) is 0 Å². The highest BCUT2D eigenvalue weighted by Crippen LogP contribution is 2.22. The Labute approximate surface area is 107 Å². The van der Waals surface area contributed by atoms with Crippen molar-refractivity contribution in [2.45, 2.75) is 34.0 Å². The number of ether oxygens (including phenoxy) is 2. The van der Waals surface area contributed by atoms with Crippen LogP contribution in [0.3, 0.4) is 0 Å². The van der Waals surface area contributed by atoms with Crippen LogP contribution in [0.15, 0.2) is 12.1 Å². The summed E-state index contributed by atoms with van der Waals surface area (Å²) in [6.45, 7) is 9.27. The van der Waals surface area contributed by atoms with E-state index in [-0.39, 0.29) is 0 Å². The molecule has 0 unspecified atom stereocenters. The lowest BCUT2D eigenvalue weighted by Crippen LogP contribution is -2.10. The van der Waals surface area contributed by atoms with Gasteiger partial charge in [-0.25, -0.2) is 4.98 Å². The van der Waals surface area contributed by atoms with Crippen LogP contribution in [0.1, 0.15) is 37.1 Å². The fraction of sp³-hybridized carbons (Fsp3) is 0.500. The summed E-state index contributed by atoms with van der Waals surface area (Å²) in [4.78, 5) is 7.82. The number of nitrogens with one attached hydrogen (secondary N) is 1. The van der Waals surface area contributed by atoms with Gasteiger partial charge >= 0.3 is 0 Å². The highest BCUT2D eigenvalue weighted by molar-refractivity contribution is 5.77. The van der Waals surface area contributed by atoms with Crippen LogP contribution < -0.4 is 0 Å². The molecule has 4 heteroatoms. The summed E-state index contributed by atoms with van der Waals surface area (Å²) in [5.41, 5.74) is 4.47.